The fourth-order valence-corrected chi connectivity index (χ4v) is 7.14. The molecule has 0 aromatic heterocycles. The molecule has 6 rings (SSSR count). The van der Waals surface area contributed by atoms with Crippen molar-refractivity contribution in [2.24, 2.45) is 17.8 Å². The summed E-state index contributed by atoms with van der Waals surface area (Å²) in [6.07, 6.45) is 4.81. The van der Waals surface area contributed by atoms with Gasteiger partial charge in [-0.1, -0.05) is 48.0 Å². The van der Waals surface area contributed by atoms with Crippen LogP contribution >= 0.6 is 0 Å². The van der Waals surface area contributed by atoms with Gasteiger partial charge in [0.15, 0.2) is 0 Å². The lowest BCUT2D eigenvalue weighted by Gasteiger charge is -2.58. The van der Waals surface area contributed by atoms with E-state index in [9.17, 15) is 8.42 Å². The highest BCUT2D eigenvalue weighted by Crippen LogP contribution is 2.58. The quantitative estimate of drug-likeness (QED) is 0.636. The first-order chi connectivity index (χ1) is 13.9. The van der Waals surface area contributed by atoms with E-state index in [-0.39, 0.29) is 28.4 Å². The molecule has 0 N–H and O–H groups in total. The summed E-state index contributed by atoms with van der Waals surface area (Å²) < 4.78 is 38.1. The summed E-state index contributed by atoms with van der Waals surface area (Å²) in [6.45, 7) is 2.57. The van der Waals surface area contributed by atoms with Crippen molar-refractivity contribution in [3.05, 3.63) is 65.7 Å². The van der Waals surface area contributed by atoms with Crippen molar-refractivity contribution in [3.63, 3.8) is 0 Å². The van der Waals surface area contributed by atoms with Crippen LogP contribution in [0.4, 0.5) is 0 Å². The van der Waals surface area contributed by atoms with E-state index >= 15 is 0 Å². The topological polar surface area (TPSA) is 52.6 Å². The van der Waals surface area contributed by atoms with Gasteiger partial charge in [-0.05, 0) is 74.5 Å². The second kappa shape index (κ2) is 7.22. The normalized spacial score (nSPS) is 33.1. The number of hydrogen-bond donors (Lipinski definition) is 0. The minimum absolute atomic E-state index is 0.111. The molecule has 5 heteroatoms. The summed E-state index contributed by atoms with van der Waals surface area (Å²) in [7, 11) is -3.74. The zero-order chi connectivity index (χ0) is 20.1. The lowest BCUT2D eigenvalue weighted by molar-refractivity contribution is -0.199. The number of hydrogen-bond acceptors (Lipinski definition) is 4. The van der Waals surface area contributed by atoms with Crippen LogP contribution < -0.4 is 0 Å². The van der Waals surface area contributed by atoms with Gasteiger partial charge in [-0.3, -0.25) is 4.18 Å². The molecule has 2 atom stereocenters. The molecule has 2 unspecified atom stereocenters. The summed E-state index contributed by atoms with van der Waals surface area (Å²) in [6, 6.07) is 17.2. The maximum atomic E-state index is 12.9. The highest BCUT2D eigenvalue weighted by Gasteiger charge is 2.57. The van der Waals surface area contributed by atoms with Crippen LogP contribution in [0.15, 0.2) is 59.5 Å². The summed E-state index contributed by atoms with van der Waals surface area (Å²) in [5, 5.41) is 0. The van der Waals surface area contributed by atoms with Crippen molar-refractivity contribution in [1.29, 1.82) is 0 Å². The Morgan fingerprint density at radius 3 is 2.24 bits per heavy atom. The fourth-order valence-electron chi connectivity index (χ4n) is 5.95. The molecule has 2 aromatic rings. The van der Waals surface area contributed by atoms with Crippen LogP contribution in [0.2, 0.25) is 0 Å². The Balaban J connectivity index is 1.31. The van der Waals surface area contributed by atoms with Gasteiger partial charge in [0.2, 0.25) is 0 Å². The Bertz CT molecular complexity index is 952. The van der Waals surface area contributed by atoms with Crippen LogP contribution in [0.3, 0.4) is 0 Å². The van der Waals surface area contributed by atoms with E-state index in [0.29, 0.717) is 12.5 Å². The van der Waals surface area contributed by atoms with Gasteiger partial charge < -0.3 is 4.74 Å². The Morgan fingerprint density at radius 1 is 0.931 bits per heavy atom. The molecule has 0 saturated heterocycles. The lowest BCUT2D eigenvalue weighted by Crippen LogP contribution is -2.58. The van der Waals surface area contributed by atoms with Gasteiger partial charge in [0.1, 0.15) is 0 Å². The van der Waals surface area contributed by atoms with Crippen molar-refractivity contribution < 1.29 is 17.3 Å². The number of aryl methyl sites for hydroxylation is 1. The molecule has 0 heterocycles. The Kier molecular flexibility index (Phi) is 4.80. The van der Waals surface area contributed by atoms with Crippen molar-refractivity contribution in [2.75, 3.05) is 0 Å². The van der Waals surface area contributed by atoms with E-state index in [1.807, 2.05) is 37.3 Å². The molecular weight excluding hydrogens is 384 g/mol. The standard InChI is InChI=1S/C24H28O4S/c1-17-7-9-22(10-8-17)29(25,26)28-23-20-11-19-12-21(23)15-24(13-19,14-20)27-16-18-5-3-2-4-6-18/h2-10,19-21,23H,11-16H2,1H3. The second-order valence-corrected chi connectivity index (χ2v) is 10.8. The molecule has 0 spiro atoms. The SMILES string of the molecule is Cc1ccc(S(=O)(=O)OC2C3CC4CC2CC(OCc2ccccc2)(C4)C3)cc1. The third kappa shape index (κ3) is 3.76. The summed E-state index contributed by atoms with van der Waals surface area (Å²) in [5.74, 6) is 1.15. The smallest absolute Gasteiger partial charge is 0.297 e. The predicted octanol–water partition coefficient (Wildman–Crippen LogP) is 4.86. The van der Waals surface area contributed by atoms with Crippen LogP contribution in [0.25, 0.3) is 0 Å². The summed E-state index contributed by atoms with van der Waals surface area (Å²) in [4.78, 5) is 0.256. The van der Waals surface area contributed by atoms with E-state index in [0.717, 1.165) is 37.7 Å². The predicted molar refractivity (Wildman–Crippen MR) is 111 cm³/mol. The van der Waals surface area contributed by atoms with Gasteiger partial charge >= 0.3 is 0 Å². The first kappa shape index (κ1) is 19.3. The van der Waals surface area contributed by atoms with Gasteiger partial charge in [0.25, 0.3) is 10.1 Å². The Hall–Kier alpha value is -1.69. The molecule has 4 fully saturated rings. The molecule has 4 saturated carbocycles. The monoisotopic (exact) mass is 412 g/mol. The Morgan fingerprint density at radius 2 is 1.59 bits per heavy atom. The van der Waals surface area contributed by atoms with Gasteiger partial charge in [-0.25, -0.2) is 0 Å². The number of rotatable bonds is 6. The molecule has 29 heavy (non-hydrogen) atoms. The summed E-state index contributed by atoms with van der Waals surface area (Å²) >= 11 is 0. The molecule has 4 aliphatic carbocycles. The van der Waals surface area contributed by atoms with E-state index in [2.05, 4.69) is 12.1 Å². The molecule has 4 nitrogen and oxygen atoms in total. The molecule has 4 bridgehead atoms. The molecule has 4 aliphatic rings. The minimum Gasteiger partial charge on any atom is -0.370 e. The Labute approximate surface area is 173 Å². The first-order valence-corrected chi connectivity index (χ1v) is 12.0. The maximum Gasteiger partial charge on any atom is 0.297 e. The highest BCUT2D eigenvalue weighted by molar-refractivity contribution is 7.86. The van der Waals surface area contributed by atoms with Crippen molar-refractivity contribution in [2.45, 2.75) is 62.2 Å². The minimum atomic E-state index is -3.74. The molecular formula is C24H28O4S. The number of benzene rings is 2. The van der Waals surface area contributed by atoms with E-state index < -0.39 is 10.1 Å². The van der Waals surface area contributed by atoms with Gasteiger partial charge in [0, 0.05) is 0 Å². The van der Waals surface area contributed by atoms with Gasteiger partial charge in [0.05, 0.1) is 23.2 Å². The lowest BCUT2D eigenvalue weighted by atomic mass is 9.53. The van der Waals surface area contributed by atoms with E-state index in [1.54, 1.807) is 12.1 Å². The van der Waals surface area contributed by atoms with Crippen LogP contribution in [0, 0.1) is 24.7 Å². The largest absolute Gasteiger partial charge is 0.370 e. The van der Waals surface area contributed by atoms with Crippen LogP contribution in [-0.2, 0) is 25.6 Å². The van der Waals surface area contributed by atoms with Crippen LogP contribution in [-0.4, -0.2) is 20.1 Å². The second-order valence-electron chi connectivity index (χ2n) is 9.26. The number of ether oxygens (including phenoxy) is 1. The molecule has 0 amide bonds. The van der Waals surface area contributed by atoms with Crippen LogP contribution in [0.5, 0.6) is 0 Å². The van der Waals surface area contributed by atoms with Gasteiger partial charge in [-0.2, -0.15) is 8.42 Å². The zero-order valence-corrected chi connectivity index (χ0v) is 17.6. The molecule has 2 aromatic carbocycles. The van der Waals surface area contributed by atoms with Crippen molar-refractivity contribution in [1.82, 2.24) is 0 Å². The molecule has 0 aliphatic heterocycles. The average molecular weight is 413 g/mol. The van der Waals surface area contributed by atoms with E-state index in [1.165, 1.54) is 5.56 Å². The maximum absolute atomic E-state index is 12.9. The van der Waals surface area contributed by atoms with Crippen molar-refractivity contribution in [3.8, 4) is 0 Å². The first-order valence-electron chi connectivity index (χ1n) is 10.6. The average Bonchev–Trinajstić information content (AvgIpc) is 2.70. The zero-order valence-electron chi connectivity index (χ0n) is 16.8. The van der Waals surface area contributed by atoms with Gasteiger partial charge in [-0.15, -0.1) is 0 Å². The third-order valence-electron chi connectivity index (χ3n) is 7.07. The molecule has 154 valence electrons. The van der Waals surface area contributed by atoms with Crippen LogP contribution in [0.1, 0.15) is 43.2 Å². The highest BCUT2D eigenvalue weighted by atomic mass is 32.2. The van der Waals surface area contributed by atoms with Crippen molar-refractivity contribution >= 4 is 10.1 Å². The third-order valence-corrected chi connectivity index (χ3v) is 8.39. The summed E-state index contributed by atoms with van der Waals surface area (Å²) in [5.41, 5.74) is 2.12. The fraction of sp³-hybridized carbons (Fsp3) is 0.500. The molecule has 0 radical (unpaired) electrons. The van der Waals surface area contributed by atoms with E-state index in [4.69, 9.17) is 8.92 Å².